The van der Waals surface area contributed by atoms with Crippen molar-refractivity contribution in [1.29, 1.82) is 0 Å². The first kappa shape index (κ1) is 8.02. The van der Waals surface area contributed by atoms with Gasteiger partial charge in [0.2, 0.25) is 0 Å². The van der Waals surface area contributed by atoms with Gasteiger partial charge in [0.05, 0.1) is 0 Å². The molecule has 10 heavy (non-hydrogen) atoms. The first-order valence-electron chi connectivity index (χ1n) is 4.10. The largest absolute Gasteiger partial charge is 0.330 e. The lowest BCUT2D eigenvalue weighted by Crippen LogP contribution is -2.42. The van der Waals surface area contributed by atoms with Crippen molar-refractivity contribution in [3.05, 3.63) is 0 Å². The Labute approximate surface area is 63.2 Å². The molecule has 2 heteroatoms. The van der Waals surface area contributed by atoms with E-state index in [1.54, 1.807) is 0 Å². The molecule has 0 saturated carbocycles. The summed E-state index contributed by atoms with van der Waals surface area (Å²) >= 11 is 0. The Morgan fingerprint density at radius 1 is 1.60 bits per heavy atom. The molecule has 2 nitrogen and oxygen atoms in total. The van der Waals surface area contributed by atoms with Gasteiger partial charge in [-0.15, -0.1) is 0 Å². The lowest BCUT2D eigenvalue weighted by Gasteiger charge is -2.29. The molecule has 0 amide bonds. The van der Waals surface area contributed by atoms with E-state index < -0.39 is 0 Å². The summed E-state index contributed by atoms with van der Waals surface area (Å²) in [5.41, 5.74) is 5.93. The Balaban J connectivity index is 2.45. The van der Waals surface area contributed by atoms with Crippen LogP contribution in [0.2, 0.25) is 0 Å². The average Bonchev–Trinajstić information content (AvgIpc) is 2.38. The number of rotatable bonds is 2. The predicted molar refractivity (Wildman–Crippen MR) is 43.9 cm³/mol. The second-order valence-electron chi connectivity index (χ2n) is 3.84. The third kappa shape index (κ3) is 1.50. The fourth-order valence-corrected chi connectivity index (χ4v) is 1.49. The second-order valence-corrected chi connectivity index (χ2v) is 3.84. The molecule has 1 atom stereocenters. The van der Waals surface area contributed by atoms with Gasteiger partial charge in [0, 0.05) is 6.04 Å². The first-order chi connectivity index (χ1) is 4.67. The highest BCUT2D eigenvalue weighted by Gasteiger charge is 2.29. The summed E-state index contributed by atoms with van der Waals surface area (Å²) in [6, 6.07) is 0.650. The predicted octanol–water partition coefficient (Wildman–Crippen LogP) is 0.723. The molecule has 1 saturated heterocycles. The first-order valence-corrected chi connectivity index (χ1v) is 4.10. The summed E-state index contributed by atoms with van der Waals surface area (Å²) in [5, 5.41) is 3.47. The van der Waals surface area contributed by atoms with Crippen molar-refractivity contribution >= 4 is 0 Å². The van der Waals surface area contributed by atoms with Crippen molar-refractivity contribution in [3.63, 3.8) is 0 Å². The number of nitrogens with one attached hydrogen (secondary N) is 1. The van der Waals surface area contributed by atoms with E-state index in [-0.39, 0.29) is 5.41 Å². The minimum atomic E-state index is 0.288. The van der Waals surface area contributed by atoms with Crippen LogP contribution in [-0.4, -0.2) is 19.1 Å². The van der Waals surface area contributed by atoms with Crippen LogP contribution < -0.4 is 11.1 Å². The molecule has 1 aliphatic heterocycles. The van der Waals surface area contributed by atoms with Gasteiger partial charge in [-0.05, 0) is 31.3 Å². The molecule has 1 aliphatic rings. The van der Waals surface area contributed by atoms with E-state index in [1.165, 1.54) is 19.4 Å². The van der Waals surface area contributed by atoms with Gasteiger partial charge < -0.3 is 11.1 Å². The molecule has 1 rings (SSSR count). The van der Waals surface area contributed by atoms with Gasteiger partial charge in [0.1, 0.15) is 0 Å². The van der Waals surface area contributed by atoms with Crippen molar-refractivity contribution < 1.29 is 0 Å². The van der Waals surface area contributed by atoms with Gasteiger partial charge in [-0.3, -0.25) is 0 Å². The van der Waals surface area contributed by atoms with Crippen molar-refractivity contribution in [1.82, 2.24) is 5.32 Å². The quantitative estimate of drug-likeness (QED) is 0.596. The molecule has 0 aromatic carbocycles. The Kier molecular flexibility index (Phi) is 2.32. The van der Waals surface area contributed by atoms with Crippen LogP contribution in [0.1, 0.15) is 26.7 Å². The van der Waals surface area contributed by atoms with E-state index in [0.717, 1.165) is 6.54 Å². The summed E-state index contributed by atoms with van der Waals surface area (Å²) in [6.07, 6.45) is 2.61. The second kappa shape index (κ2) is 2.89. The summed E-state index contributed by atoms with van der Waals surface area (Å²) < 4.78 is 0. The van der Waals surface area contributed by atoms with Crippen LogP contribution in [0, 0.1) is 5.41 Å². The Morgan fingerprint density at radius 2 is 2.30 bits per heavy atom. The van der Waals surface area contributed by atoms with Gasteiger partial charge in [0.25, 0.3) is 0 Å². The van der Waals surface area contributed by atoms with Crippen molar-refractivity contribution in [2.45, 2.75) is 32.7 Å². The maximum absolute atomic E-state index is 5.65. The van der Waals surface area contributed by atoms with Gasteiger partial charge in [-0.2, -0.15) is 0 Å². The van der Waals surface area contributed by atoms with Crippen LogP contribution in [0.5, 0.6) is 0 Å². The zero-order valence-electron chi connectivity index (χ0n) is 6.98. The van der Waals surface area contributed by atoms with Crippen LogP contribution >= 0.6 is 0 Å². The Morgan fingerprint density at radius 3 is 2.70 bits per heavy atom. The number of nitrogens with two attached hydrogens (primary N) is 1. The molecule has 0 spiro atoms. The molecule has 0 bridgehead atoms. The Hall–Kier alpha value is -0.0800. The van der Waals surface area contributed by atoms with Crippen LogP contribution in [0.4, 0.5) is 0 Å². The van der Waals surface area contributed by atoms with Crippen molar-refractivity contribution in [2.75, 3.05) is 13.1 Å². The zero-order valence-corrected chi connectivity index (χ0v) is 6.98. The smallest absolute Gasteiger partial charge is 0.0131 e. The lowest BCUT2D eigenvalue weighted by molar-refractivity contribution is 0.273. The minimum Gasteiger partial charge on any atom is -0.330 e. The number of hydrogen-bond donors (Lipinski definition) is 2. The maximum Gasteiger partial charge on any atom is 0.0131 e. The molecule has 1 heterocycles. The normalized spacial score (nSPS) is 27.3. The highest BCUT2D eigenvalue weighted by atomic mass is 15.0. The molecule has 3 N–H and O–H groups in total. The molecule has 0 aromatic heterocycles. The van der Waals surface area contributed by atoms with E-state index in [4.69, 9.17) is 5.73 Å². The maximum atomic E-state index is 5.65. The molecule has 1 unspecified atom stereocenters. The fraction of sp³-hybridized carbons (Fsp3) is 1.00. The van der Waals surface area contributed by atoms with E-state index in [9.17, 15) is 0 Å². The van der Waals surface area contributed by atoms with E-state index in [1.807, 2.05) is 0 Å². The van der Waals surface area contributed by atoms with Crippen LogP contribution in [0.25, 0.3) is 0 Å². The van der Waals surface area contributed by atoms with Crippen molar-refractivity contribution in [3.8, 4) is 0 Å². The van der Waals surface area contributed by atoms with Gasteiger partial charge in [-0.25, -0.2) is 0 Å². The van der Waals surface area contributed by atoms with Gasteiger partial charge >= 0.3 is 0 Å². The lowest BCUT2D eigenvalue weighted by atomic mass is 9.84. The van der Waals surface area contributed by atoms with Crippen LogP contribution in [-0.2, 0) is 0 Å². The van der Waals surface area contributed by atoms with Gasteiger partial charge in [0.15, 0.2) is 0 Å². The van der Waals surface area contributed by atoms with Crippen LogP contribution in [0.3, 0.4) is 0 Å². The molecule has 60 valence electrons. The minimum absolute atomic E-state index is 0.288. The summed E-state index contributed by atoms with van der Waals surface area (Å²) in [5.74, 6) is 0. The molecule has 1 fully saturated rings. The zero-order chi connectivity index (χ0) is 7.61. The van der Waals surface area contributed by atoms with E-state index in [2.05, 4.69) is 19.2 Å². The molecule has 0 aromatic rings. The molecular weight excluding hydrogens is 124 g/mol. The fourth-order valence-electron chi connectivity index (χ4n) is 1.49. The Bertz CT molecular complexity index is 104. The van der Waals surface area contributed by atoms with E-state index >= 15 is 0 Å². The van der Waals surface area contributed by atoms with E-state index in [0.29, 0.717) is 6.04 Å². The topological polar surface area (TPSA) is 38.0 Å². The summed E-state index contributed by atoms with van der Waals surface area (Å²) in [6.45, 7) is 6.42. The highest BCUT2D eigenvalue weighted by molar-refractivity contribution is 4.88. The summed E-state index contributed by atoms with van der Waals surface area (Å²) in [7, 11) is 0. The standard InChI is InChI=1S/C8H18N2/c1-8(2,6-9)7-4-3-5-10-7/h7,10H,3-6,9H2,1-2H3. The molecule has 0 radical (unpaired) electrons. The third-order valence-corrected chi connectivity index (χ3v) is 2.53. The summed E-state index contributed by atoms with van der Waals surface area (Å²) in [4.78, 5) is 0. The van der Waals surface area contributed by atoms with Crippen molar-refractivity contribution in [2.24, 2.45) is 11.1 Å². The van der Waals surface area contributed by atoms with Crippen LogP contribution in [0.15, 0.2) is 0 Å². The third-order valence-electron chi connectivity index (χ3n) is 2.53. The highest BCUT2D eigenvalue weighted by Crippen LogP contribution is 2.25. The monoisotopic (exact) mass is 142 g/mol. The SMILES string of the molecule is CC(C)(CN)C1CCCN1. The number of hydrogen-bond acceptors (Lipinski definition) is 2. The average molecular weight is 142 g/mol. The molecular formula is C8H18N2. The van der Waals surface area contributed by atoms with Gasteiger partial charge in [-0.1, -0.05) is 13.8 Å². The molecule has 0 aliphatic carbocycles.